The van der Waals surface area contributed by atoms with E-state index >= 15 is 0 Å². The molecule has 0 amide bonds. The highest BCUT2D eigenvalue weighted by Gasteiger charge is 2.22. The van der Waals surface area contributed by atoms with Crippen LogP contribution >= 0.6 is 15.9 Å². The minimum atomic E-state index is -0.569. The van der Waals surface area contributed by atoms with Crippen LogP contribution in [0.4, 0.5) is 0 Å². The molecule has 1 aliphatic rings. The SMILES string of the molecule is O[C@H]1OCC[C@@H]1Br. The molecule has 0 spiro atoms. The van der Waals surface area contributed by atoms with Crippen LogP contribution in [-0.4, -0.2) is 22.8 Å². The van der Waals surface area contributed by atoms with Crippen LogP contribution in [-0.2, 0) is 4.74 Å². The molecule has 3 heteroatoms. The molecule has 0 unspecified atom stereocenters. The van der Waals surface area contributed by atoms with Crippen LogP contribution in [0.25, 0.3) is 0 Å². The number of rotatable bonds is 0. The Labute approximate surface area is 50.6 Å². The molecule has 0 aliphatic carbocycles. The summed E-state index contributed by atoms with van der Waals surface area (Å²) in [5.74, 6) is 0. The fraction of sp³-hybridized carbons (Fsp3) is 1.00. The Kier molecular flexibility index (Phi) is 1.67. The monoisotopic (exact) mass is 166 g/mol. The number of hydrogen-bond donors (Lipinski definition) is 1. The Morgan fingerprint density at radius 3 is 2.57 bits per heavy atom. The van der Waals surface area contributed by atoms with Gasteiger partial charge in [0, 0.05) is 0 Å². The van der Waals surface area contributed by atoms with Gasteiger partial charge < -0.3 is 9.84 Å². The molecule has 0 bridgehead atoms. The summed E-state index contributed by atoms with van der Waals surface area (Å²) in [6, 6.07) is 0. The molecule has 42 valence electrons. The standard InChI is InChI=1S/C4H7BrO2/c5-3-1-2-7-4(3)6/h3-4,6H,1-2H2/t3-,4-/m0/s1. The van der Waals surface area contributed by atoms with Crippen molar-refractivity contribution in [2.45, 2.75) is 17.5 Å². The van der Waals surface area contributed by atoms with E-state index in [0.29, 0.717) is 6.61 Å². The van der Waals surface area contributed by atoms with Gasteiger partial charge in [0.2, 0.25) is 0 Å². The van der Waals surface area contributed by atoms with Crippen LogP contribution in [0.15, 0.2) is 0 Å². The molecule has 7 heavy (non-hydrogen) atoms. The lowest BCUT2D eigenvalue weighted by molar-refractivity contribution is -0.0553. The highest BCUT2D eigenvalue weighted by molar-refractivity contribution is 9.09. The van der Waals surface area contributed by atoms with Crippen molar-refractivity contribution in [3.05, 3.63) is 0 Å². The summed E-state index contributed by atoms with van der Waals surface area (Å²) in [5.41, 5.74) is 0. The second-order valence-corrected chi connectivity index (χ2v) is 2.74. The van der Waals surface area contributed by atoms with Gasteiger partial charge in [-0.1, -0.05) is 15.9 Å². The Balaban J connectivity index is 2.33. The van der Waals surface area contributed by atoms with E-state index in [1.165, 1.54) is 0 Å². The van der Waals surface area contributed by atoms with Crippen LogP contribution < -0.4 is 0 Å². The maximum atomic E-state index is 8.73. The van der Waals surface area contributed by atoms with Crippen LogP contribution in [0.1, 0.15) is 6.42 Å². The van der Waals surface area contributed by atoms with E-state index < -0.39 is 6.29 Å². The molecule has 2 atom stereocenters. The zero-order chi connectivity index (χ0) is 5.28. The third-order valence-corrected chi connectivity index (χ3v) is 1.90. The van der Waals surface area contributed by atoms with Crippen molar-refractivity contribution < 1.29 is 9.84 Å². The van der Waals surface area contributed by atoms with Crippen molar-refractivity contribution in [1.82, 2.24) is 0 Å². The number of alkyl halides is 1. The van der Waals surface area contributed by atoms with Gasteiger partial charge in [-0.25, -0.2) is 0 Å². The van der Waals surface area contributed by atoms with Gasteiger partial charge in [-0.3, -0.25) is 0 Å². The molecule has 1 rings (SSSR count). The second kappa shape index (κ2) is 2.11. The fourth-order valence-corrected chi connectivity index (χ4v) is 0.888. The van der Waals surface area contributed by atoms with Gasteiger partial charge in [-0.05, 0) is 6.42 Å². The molecule has 0 radical (unpaired) electrons. The maximum absolute atomic E-state index is 8.73. The van der Waals surface area contributed by atoms with E-state index in [1.54, 1.807) is 0 Å². The Morgan fingerprint density at radius 2 is 2.43 bits per heavy atom. The van der Waals surface area contributed by atoms with Crippen LogP contribution in [0.2, 0.25) is 0 Å². The van der Waals surface area contributed by atoms with E-state index in [2.05, 4.69) is 15.9 Å². The lowest BCUT2D eigenvalue weighted by Gasteiger charge is -2.01. The van der Waals surface area contributed by atoms with Gasteiger partial charge in [-0.2, -0.15) is 0 Å². The molecule has 1 saturated heterocycles. The third kappa shape index (κ3) is 1.15. The quantitative estimate of drug-likeness (QED) is 0.532. The van der Waals surface area contributed by atoms with Gasteiger partial charge in [0.05, 0.1) is 11.4 Å². The normalized spacial score (nSPS) is 42.0. The molecular formula is C4H7BrO2. The average molecular weight is 167 g/mol. The average Bonchev–Trinajstić information content (AvgIpc) is 1.91. The molecule has 2 nitrogen and oxygen atoms in total. The molecule has 1 aliphatic heterocycles. The molecular weight excluding hydrogens is 160 g/mol. The Bertz CT molecular complexity index is 58.7. The number of aliphatic hydroxyl groups excluding tert-OH is 1. The van der Waals surface area contributed by atoms with Crippen LogP contribution in [0.5, 0.6) is 0 Å². The second-order valence-electron chi connectivity index (χ2n) is 1.57. The Hall–Kier alpha value is 0.400. The number of aliphatic hydroxyl groups is 1. The van der Waals surface area contributed by atoms with Gasteiger partial charge in [-0.15, -0.1) is 0 Å². The Morgan fingerprint density at radius 1 is 1.71 bits per heavy atom. The van der Waals surface area contributed by atoms with Gasteiger partial charge >= 0.3 is 0 Å². The highest BCUT2D eigenvalue weighted by atomic mass is 79.9. The fourth-order valence-electron chi connectivity index (χ4n) is 0.548. The topological polar surface area (TPSA) is 29.5 Å². The van der Waals surface area contributed by atoms with Crippen LogP contribution in [0.3, 0.4) is 0 Å². The predicted molar refractivity (Wildman–Crippen MR) is 29.3 cm³/mol. The maximum Gasteiger partial charge on any atom is 0.167 e. The van der Waals surface area contributed by atoms with E-state index in [-0.39, 0.29) is 4.83 Å². The zero-order valence-corrected chi connectivity index (χ0v) is 5.39. The number of ether oxygens (including phenoxy) is 1. The minimum absolute atomic E-state index is 0.160. The first-order valence-corrected chi connectivity index (χ1v) is 3.16. The summed E-state index contributed by atoms with van der Waals surface area (Å²) in [6.07, 6.45) is 0.348. The van der Waals surface area contributed by atoms with Crippen molar-refractivity contribution in [2.75, 3.05) is 6.61 Å². The first-order valence-electron chi connectivity index (χ1n) is 2.24. The summed E-state index contributed by atoms with van der Waals surface area (Å²) in [4.78, 5) is 0.160. The summed E-state index contributed by atoms with van der Waals surface area (Å²) in [7, 11) is 0. The molecule has 0 aromatic heterocycles. The van der Waals surface area contributed by atoms with Crippen molar-refractivity contribution >= 4 is 15.9 Å². The first-order chi connectivity index (χ1) is 3.30. The largest absolute Gasteiger partial charge is 0.367 e. The lowest BCUT2D eigenvalue weighted by Crippen LogP contribution is -2.12. The summed E-state index contributed by atoms with van der Waals surface area (Å²) in [6.45, 7) is 0.678. The molecule has 1 N–H and O–H groups in total. The predicted octanol–water partition coefficient (Wildman–Crippen LogP) is 0.489. The molecule has 0 aromatic carbocycles. The summed E-state index contributed by atoms with van der Waals surface area (Å²) in [5, 5.41) is 8.73. The number of hydrogen-bond acceptors (Lipinski definition) is 2. The lowest BCUT2D eigenvalue weighted by atomic mass is 10.4. The van der Waals surface area contributed by atoms with Crippen LogP contribution in [0, 0.1) is 0 Å². The summed E-state index contributed by atoms with van der Waals surface area (Å²) >= 11 is 3.23. The molecule has 1 heterocycles. The molecule has 1 fully saturated rings. The molecule has 0 saturated carbocycles. The summed E-state index contributed by atoms with van der Waals surface area (Å²) < 4.78 is 4.77. The zero-order valence-electron chi connectivity index (χ0n) is 3.80. The molecule has 0 aromatic rings. The first kappa shape index (κ1) is 5.54. The third-order valence-electron chi connectivity index (χ3n) is 0.992. The van der Waals surface area contributed by atoms with Crippen molar-refractivity contribution in [3.8, 4) is 0 Å². The van der Waals surface area contributed by atoms with Gasteiger partial charge in [0.25, 0.3) is 0 Å². The minimum Gasteiger partial charge on any atom is -0.367 e. The van der Waals surface area contributed by atoms with E-state index in [4.69, 9.17) is 9.84 Å². The van der Waals surface area contributed by atoms with Crippen molar-refractivity contribution in [2.24, 2.45) is 0 Å². The van der Waals surface area contributed by atoms with E-state index in [0.717, 1.165) is 6.42 Å². The van der Waals surface area contributed by atoms with Crippen molar-refractivity contribution in [1.29, 1.82) is 0 Å². The smallest absolute Gasteiger partial charge is 0.167 e. The van der Waals surface area contributed by atoms with Gasteiger partial charge in [0.15, 0.2) is 6.29 Å². The number of halogens is 1. The van der Waals surface area contributed by atoms with E-state index in [9.17, 15) is 0 Å². The van der Waals surface area contributed by atoms with Crippen molar-refractivity contribution in [3.63, 3.8) is 0 Å². The van der Waals surface area contributed by atoms with Gasteiger partial charge in [0.1, 0.15) is 0 Å². The highest BCUT2D eigenvalue weighted by Crippen LogP contribution is 2.18. The van der Waals surface area contributed by atoms with E-state index in [1.807, 2.05) is 0 Å².